The molecule has 1 saturated carbocycles. The lowest BCUT2D eigenvalue weighted by molar-refractivity contribution is 0.698. The molecular weight excluding hydrogens is 274 g/mol. The molecule has 2 aromatic heterocycles. The second-order valence-corrected chi connectivity index (χ2v) is 6.38. The fraction of sp³-hybridized carbons (Fsp3) is 0.471. The number of fused-ring (bicyclic) bond motifs is 5. The maximum atomic E-state index is 9.61. The first kappa shape index (κ1) is 13.3. The van der Waals surface area contributed by atoms with Crippen LogP contribution in [0.4, 0.5) is 5.82 Å². The number of nitriles is 1. The molecule has 2 aliphatic rings. The summed E-state index contributed by atoms with van der Waals surface area (Å²) in [6.45, 7) is 4.08. The van der Waals surface area contributed by atoms with Crippen LogP contribution in [0.3, 0.4) is 0 Å². The molecule has 0 aliphatic heterocycles. The third kappa shape index (κ3) is 1.64. The summed E-state index contributed by atoms with van der Waals surface area (Å²) in [5.41, 5.74) is 11.8. The van der Waals surface area contributed by atoms with Crippen LogP contribution in [0.1, 0.15) is 66.4 Å². The molecule has 5 nitrogen and oxygen atoms in total. The van der Waals surface area contributed by atoms with Gasteiger partial charge in [0.05, 0.1) is 11.4 Å². The fourth-order valence-electron chi connectivity index (χ4n) is 4.15. The molecule has 2 aromatic rings. The summed E-state index contributed by atoms with van der Waals surface area (Å²) in [5, 5.41) is 9.61. The van der Waals surface area contributed by atoms with Gasteiger partial charge in [0.25, 0.3) is 0 Å². The molecule has 2 aliphatic carbocycles. The zero-order chi connectivity index (χ0) is 15.4. The first-order chi connectivity index (χ1) is 10.6. The van der Waals surface area contributed by atoms with Crippen LogP contribution in [-0.4, -0.2) is 15.0 Å². The monoisotopic (exact) mass is 293 g/mol. The summed E-state index contributed by atoms with van der Waals surface area (Å²) in [7, 11) is 0. The Hall–Kier alpha value is -2.35. The van der Waals surface area contributed by atoms with Crippen LogP contribution in [0.25, 0.3) is 11.3 Å². The van der Waals surface area contributed by atoms with Gasteiger partial charge in [0, 0.05) is 23.6 Å². The fourth-order valence-corrected chi connectivity index (χ4v) is 4.15. The highest BCUT2D eigenvalue weighted by Gasteiger charge is 2.42. The lowest BCUT2D eigenvalue weighted by Crippen LogP contribution is -2.09. The predicted octanol–water partition coefficient (Wildman–Crippen LogP) is 3.16. The van der Waals surface area contributed by atoms with Crippen molar-refractivity contribution in [1.82, 2.24) is 15.0 Å². The summed E-state index contributed by atoms with van der Waals surface area (Å²) in [6.07, 6.45) is 4.37. The number of hydrogen-bond donors (Lipinski definition) is 2. The number of nitrogen functional groups attached to an aromatic ring is 1. The van der Waals surface area contributed by atoms with Crippen molar-refractivity contribution in [2.45, 2.75) is 51.4 Å². The molecule has 1 fully saturated rings. The third-order valence-corrected chi connectivity index (χ3v) is 5.14. The number of aromatic nitrogens is 3. The number of imidazole rings is 1. The van der Waals surface area contributed by atoms with Crippen LogP contribution in [0.2, 0.25) is 0 Å². The van der Waals surface area contributed by atoms with Gasteiger partial charge in [-0.3, -0.25) is 0 Å². The van der Waals surface area contributed by atoms with E-state index in [9.17, 15) is 5.26 Å². The lowest BCUT2D eigenvalue weighted by atomic mass is 9.87. The molecule has 112 valence electrons. The smallest absolute Gasteiger partial charge is 0.142 e. The quantitative estimate of drug-likeness (QED) is 0.889. The van der Waals surface area contributed by atoms with E-state index in [-0.39, 0.29) is 0 Å². The maximum absolute atomic E-state index is 9.61. The zero-order valence-corrected chi connectivity index (χ0v) is 12.9. The SMILES string of the molecule is CCc1nc(-c2c(C#N)c(N)nc3c2[C@H]2CC[C@@H]3C2)c(C)[nH]1. The number of nitrogens with zero attached hydrogens (tertiary/aromatic N) is 3. The topological polar surface area (TPSA) is 91.4 Å². The molecular formula is C17H19N5. The molecule has 22 heavy (non-hydrogen) atoms. The average molecular weight is 293 g/mol. The van der Waals surface area contributed by atoms with Crippen molar-refractivity contribution >= 4 is 5.82 Å². The van der Waals surface area contributed by atoms with Gasteiger partial charge in [-0.15, -0.1) is 0 Å². The highest BCUT2D eigenvalue weighted by molar-refractivity contribution is 5.80. The Labute approximate surface area is 129 Å². The summed E-state index contributed by atoms with van der Waals surface area (Å²) in [5.74, 6) is 2.32. The van der Waals surface area contributed by atoms with Crippen molar-refractivity contribution < 1.29 is 0 Å². The number of hydrogen-bond acceptors (Lipinski definition) is 4. The van der Waals surface area contributed by atoms with Gasteiger partial charge in [-0.25, -0.2) is 9.97 Å². The molecule has 4 rings (SSSR count). The van der Waals surface area contributed by atoms with Crippen LogP contribution >= 0.6 is 0 Å². The number of anilines is 1. The van der Waals surface area contributed by atoms with E-state index in [2.05, 4.69) is 23.0 Å². The van der Waals surface area contributed by atoms with Gasteiger partial charge in [0.2, 0.25) is 0 Å². The molecule has 0 radical (unpaired) electrons. The number of rotatable bonds is 2. The van der Waals surface area contributed by atoms with Crippen molar-refractivity contribution in [2.24, 2.45) is 0 Å². The second-order valence-electron chi connectivity index (χ2n) is 6.38. The standard InChI is InChI=1S/C17H19N5/c1-3-12-20-8(2)15(21-12)14-11(7-18)17(19)22-16-10-5-4-9(6-10)13(14)16/h9-10H,3-6H2,1-2H3,(H2,19,22)(H,20,21)/t9-,10+/m0/s1. The third-order valence-electron chi connectivity index (χ3n) is 5.14. The Kier molecular flexibility index (Phi) is 2.77. The Morgan fingerprint density at radius 2 is 2.09 bits per heavy atom. The van der Waals surface area contributed by atoms with Crippen LogP contribution in [-0.2, 0) is 6.42 Å². The number of nitrogens with one attached hydrogen (secondary N) is 1. The van der Waals surface area contributed by atoms with Crippen LogP contribution in [0.15, 0.2) is 0 Å². The van der Waals surface area contributed by atoms with Crippen molar-refractivity contribution in [2.75, 3.05) is 5.73 Å². The predicted molar refractivity (Wildman–Crippen MR) is 84.4 cm³/mol. The minimum absolute atomic E-state index is 0.351. The van der Waals surface area contributed by atoms with Gasteiger partial charge in [0.15, 0.2) is 0 Å². The highest BCUT2D eigenvalue weighted by Crippen LogP contribution is 2.56. The molecule has 3 N–H and O–H groups in total. The van der Waals surface area contributed by atoms with E-state index in [4.69, 9.17) is 10.7 Å². The maximum Gasteiger partial charge on any atom is 0.142 e. The Morgan fingerprint density at radius 1 is 1.32 bits per heavy atom. The first-order valence-electron chi connectivity index (χ1n) is 7.93. The van der Waals surface area contributed by atoms with E-state index >= 15 is 0 Å². The Bertz CT molecular complexity index is 811. The lowest BCUT2D eigenvalue weighted by Gasteiger charge is -2.20. The molecule has 2 heterocycles. The largest absolute Gasteiger partial charge is 0.383 e. The molecule has 2 bridgehead atoms. The minimum Gasteiger partial charge on any atom is -0.383 e. The molecule has 2 atom stereocenters. The Morgan fingerprint density at radius 3 is 2.77 bits per heavy atom. The van der Waals surface area contributed by atoms with Gasteiger partial charge in [-0.1, -0.05) is 6.92 Å². The number of H-pyrrole nitrogens is 1. The minimum atomic E-state index is 0.351. The van der Waals surface area contributed by atoms with Crippen molar-refractivity contribution in [3.05, 3.63) is 28.3 Å². The highest BCUT2D eigenvalue weighted by atomic mass is 14.9. The molecule has 0 aromatic carbocycles. The zero-order valence-electron chi connectivity index (χ0n) is 12.9. The van der Waals surface area contributed by atoms with Gasteiger partial charge < -0.3 is 10.7 Å². The van der Waals surface area contributed by atoms with Crippen molar-refractivity contribution in [3.63, 3.8) is 0 Å². The van der Waals surface area contributed by atoms with Crippen LogP contribution in [0.5, 0.6) is 0 Å². The van der Waals surface area contributed by atoms with Gasteiger partial charge >= 0.3 is 0 Å². The molecule has 0 spiro atoms. The summed E-state index contributed by atoms with van der Waals surface area (Å²) >= 11 is 0. The number of nitrogens with two attached hydrogens (primary N) is 1. The number of pyridine rings is 1. The molecule has 0 amide bonds. The van der Waals surface area contributed by atoms with E-state index in [1.165, 1.54) is 18.4 Å². The summed E-state index contributed by atoms with van der Waals surface area (Å²) < 4.78 is 0. The van der Waals surface area contributed by atoms with Crippen LogP contribution < -0.4 is 5.73 Å². The molecule has 0 saturated heterocycles. The van der Waals surface area contributed by atoms with Crippen molar-refractivity contribution in [3.8, 4) is 17.3 Å². The van der Waals surface area contributed by atoms with E-state index in [1.807, 2.05) is 6.92 Å². The summed E-state index contributed by atoms with van der Waals surface area (Å²) in [6, 6.07) is 2.26. The summed E-state index contributed by atoms with van der Waals surface area (Å²) in [4.78, 5) is 12.6. The van der Waals surface area contributed by atoms with Gasteiger partial charge in [-0.05, 0) is 37.7 Å². The van der Waals surface area contributed by atoms with Gasteiger partial charge in [0.1, 0.15) is 23.3 Å². The average Bonchev–Trinajstić information content (AvgIpc) is 3.20. The van der Waals surface area contributed by atoms with Crippen molar-refractivity contribution in [1.29, 1.82) is 5.26 Å². The van der Waals surface area contributed by atoms with E-state index < -0.39 is 0 Å². The Balaban J connectivity index is 2.04. The van der Waals surface area contributed by atoms with Gasteiger partial charge in [-0.2, -0.15) is 5.26 Å². The molecule has 0 unspecified atom stereocenters. The second kappa shape index (κ2) is 4.57. The first-order valence-corrected chi connectivity index (χ1v) is 7.93. The van der Waals surface area contributed by atoms with E-state index in [0.29, 0.717) is 23.2 Å². The number of aromatic amines is 1. The van der Waals surface area contributed by atoms with E-state index in [0.717, 1.165) is 41.3 Å². The van der Waals surface area contributed by atoms with E-state index in [1.54, 1.807) is 0 Å². The molecule has 5 heteroatoms. The normalized spacial score (nSPS) is 21.9. The van der Waals surface area contributed by atoms with Crippen LogP contribution in [0, 0.1) is 18.3 Å². The number of aryl methyl sites for hydroxylation is 2.